The first-order valence-corrected chi connectivity index (χ1v) is 11.8. The van der Waals surface area contributed by atoms with Crippen molar-refractivity contribution in [2.45, 2.75) is 96.3 Å². The molecule has 0 aliphatic heterocycles. The van der Waals surface area contributed by atoms with Crippen LogP contribution in [0.2, 0.25) is 0 Å². The van der Waals surface area contributed by atoms with Crippen molar-refractivity contribution >= 4 is 0 Å². The van der Waals surface area contributed by atoms with E-state index in [1.165, 1.54) is 70.6 Å². The van der Waals surface area contributed by atoms with Gasteiger partial charge in [0.05, 0.1) is 0 Å². The maximum absolute atomic E-state index is 10.3. The van der Waals surface area contributed by atoms with Crippen molar-refractivity contribution in [1.82, 2.24) is 0 Å². The van der Waals surface area contributed by atoms with E-state index in [2.05, 4.69) is 6.92 Å². The van der Waals surface area contributed by atoms with Crippen molar-refractivity contribution in [1.29, 1.82) is 0 Å². The number of rotatable bonds is 15. The van der Waals surface area contributed by atoms with E-state index in [-0.39, 0.29) is 11.7 Å². The van der Waals surface area contributed by atoms with E-state index in [4.69, 9.17) is 0 Å². The molecule has 0 aromatic heterocycles. The Morgan fingerprint density at radius 1 is 0.621 bits per heavy atom. The first kappa shape index (κ1) is 23.3. The second-order valence-corrected chi connectivity index (χ2v) is 8.38. The summed E-state index contributed by atoms with van der Waals surface area (Å²) in [5, 5.41) is 19.9. The Hall–Kier alpha value is -1.96. The summed E-state index contributed by atoms with van der Waals surface area (Å²) in [6.07, 6.45) is 17.2. The quantitative estimate of drug-likeness (QED) is 0.297. The highest BCUT2D eigenvalue weighted by Gasteiger charge is 2.17. The predicted octanol–water partition coefficient (Wildman–Crippen LogP) is 8.32. The Morgan fingerprint density at radius 3 is 1.69 bits per heavy atom. The summed E-state index contributed by atoms with van der Waals surface area (Å²) in [5.41, 5.74) is 2.15. The summed E-state index contributed by atoms with van der Waals surface area (Å²) in [4.78, 5) is 0. The highest BCUT2D eigenvalue weighted by Crippen LogP contribution is 2.35. The Labute approximate surface area is 178 Å². The number of phenols is 2. The third-order valence-corrected chi connectivity index (χ3v) is 5.95. The Bertz CT molecular complexity index is 662. The molecule has 0 spiro atoms. The van der Waals surface area contributed by atoms with Crippen molar-refractivity contribution in [2.75, 3.05) is 0 Å². The fraction of sp³-hybridized carbons (Fsp3) is 0.556. The molecule has 0 bridgehead atoms. The maximum Gasteiger partial charge on any atom is 0.119 e. The largest absolute Gasteiger partial charge is 0.508 e. The zero-order chi connectivity index (χ0) is 20.7. The molecule has 1 unspecified atom stereocenters. The molecule has 2 aromatic carbocycles. The summed E-state index contributed by atoms with van der Waals surface area (Å²) < 4.78 is 0. The SMILES string of the molecule is CCCCCCCCCCCCCCC(c1ccc(O)cc1)c1ccccc1O. The third-order valence-electron chi connectivity index (χ3n) is 5.95. The molecule has 0 amide bonds. The smallest absolute Gasteiger partial charge is 0.119 e. The van der Waals surface area contributed by atoms with Crippen LogP contribution in [0.15, 0.2) is 48.5 Å². The second kappa shape index (κ2) is 14.1. The van der Waals surface area contributed by atoms with Gasteiger partial charge in [0, 0.05) is 11.5 Å². The topological polar surface area (TPSA) is 40.5 Å². The minimum atomic E-state index is 0.180. The summed E-state index contributed by atoms with van der Waals surface area (Å²) in [6, 6.07) is 15.1. The molecule has 2 N–H and O–H groups in total. The van der Waals surface area contributed by atoms with Gasteiger partial charge in [0.1, 0.15) is 11.5 Å². The number of unbranched alkanes of at least 4 members (excludes halogenated alkanes) is 11. The van der Waals surface area contributed by atoms with Crippen LogP contribution in [-0.4, -0.2) is 10.2 Å². The van der Waals surface area contributed by atoms with Crippen LogP contribution in [-0.2, 0) is 0 Å². The van der Waals surface area contributed by atoms with E-state index in [1.54, 1.807) is 18.2 Å². The van der Waals surface area contributed by atoms with Gasteiger partial charge in [-0.1, -0.05) is 114 Å². The summed E-state index contributed by atoms with van der Waals surface area (Å²) in [5.74, 6) is 0.833. The lowest BCUT2D eigenvalue weighted by molar-refractivity contribution is 0.459. The molecule has 2 nitrogen and oxygen atoms in total. The van der Waals surface area contributed by atoms with E-state index < -0.39 is 0 Å². The monoisotopic (exact) mass is 396 g/mol. The molecule has 0 heterocycles. The van der Waals surface area contributed by atoms with Gasteiger partial charge in [0.15, 0.2) is 0 Å². The zero-order valence-corrected chi connectivity index (χ0v) is 18.3. The molecule has 0 aliphatic carbocycles. The van der Waals surface area contributed by atoms with Gasteiger partial charge >= 0.3 is 0 Å². The van der Waals surface area contributed by atoms with E-state index in [9.17, 15) is 10.2 Å². The summed E-state index contributed by atoms with van der Waals surface area (Å²) >= 11 is 0. The lowest BCUT2D eigenvalue weighted by Gasteiger charge is -2.19. The van der Waals surface area contributed by atoms with Crippen molar-refractivity contribution in [3.05, 3.63) is 59.7 Å². The van der Waals surface area contributed by atoms with Gasteiger partial charge in [-0.15, -0.1) is 0 Å². The Morgan fingerprint density at radius 2 is 1.14 bits per heavy atom. The molecule has 0 saturated heterocycles. The van der Waals surface area contributed by atoms with Gasteiger partial charge in [0.25, 0.3) is 0 Å². The fourth-order valence-electron chi connectivity index (χ4n) is 4.18. The number of aromatic hydroxyl groups is 2. The van der Waals surface area contributed by atoms with Gasteiger partial charge in [-0.05, 0) is 30.2 Å². The van der Waals surface area contributed by atoms with E-state index in [0.717, 1.165) is 24.0 Å². The van der Waals surface area contributed by atoms with Crippen LogP contribution >= 0.6 is 0 Å². The Balaban J connectivity index is 1.70. The van der Waals surface area contributed by atoms with Gasteiger partial charge < -0.3 is 10.2 Å². The minimum absolute atomic E-state index is 0.180. The van der Waals surface area contributed by atoms with Crippen LogP contribution in [0, 0.1) is 0 Å². The predicted molar refractivity (Wildman–Crippen MR) is 124 cm³/mol. The molecule has 0 saturated carbocycles. The summed E-state index contributed by atoms with van der Waals surface area (Å²) in [6.45, 7) is 2.27. The maximum atomic E-state index is 10.3. The van der Waals surface area contributed by atoms with Crippen LogP contribution in [0.5, 0.6) is 11.5 Å². The molecule has 0 fully saturated rings. The molecular weight excluding hydrogens is 356 g/mol. The molecule has 1 atom stereocenters. The van der Waals surface area contributed by atoms with Crippen molar-refractivity contribution in [3.8, 4) is 11.5 Å². The number of hydrogen-bond donors (Lipinski definition) is 2. The van der Waals surface area contributed by atoms with E-state index >= 15 is 0 Å². The molecule has 0 aliphatic rings. The number of para-hydroxylation sites is 1. The van der Waals surface area contributed by atoms with Crippen LogP contribution in [0.25, 0.3) is 0 Å². The molecule has 2 aromatic rings. The van der Waals surface area contributed by atoms with Crippen molar-refractivity contribution in [2.24, 2.45) is 0 Å². The highest BCUT2D eigenvalue weighted by atomic mass is 16.3. The first-order chi connectivity index (χ1) is 14.2. The van der Waals surface area contributed by atoms with Crippen molar-refractivity contribution in [3.63, 3.8) is 0 Å². The average molecular weight is 397 g/mol. The average Bonchev–Trinajstić information content (AvgIpc) is 2.73. The molecule has 2 rings (SSSR count). The standard InChI is InChI=1S/C27H40O2/c1-2-3-4-5-6-7-8-9-10-11-12-13-16-25(23-19-21-24(28)22-20-23)26-17-14-15-18-27(26)29/h14-15,17-22,25,28-29H,2-13,16H2,1H3. The molecule has 29 heavy (non-hydrogen) atoms. The second-order valence-electron chi connectivity index (χ2n) is 8.38. The van der Waals surface area contributed by atoms with Crippen LogP contribution < -0.4 is 0 Å². The molecule has 0 radical (unpaired) electrons. The zero-order valence-electron chi connectivity index (χ0n) is 18.3. The van der Waals surface area contributed by atoms with Gasteiger partial charge in [-0.3, -0.25) is 0 Å². The summed E-state index contributed by atoms with van der Waals surface area (Å²) in [7, 11) is 0. The van der Waals surface area contributed by atoms with Gasteiger partial charge in [0.2, 0.25) is 0 Å². The fourth-order valence-corrected chi connectivity index (χ4v) is 4.18. The minimum Gasteiger partial charge on any atom is -0.508 e. The van der Waals surface area contributed by atoms with Crippen molar-refractivity contribution < 1.29 is 10.2 Å². The number of hydrogen-bond acceptors (Lipinski definition) is 2. The van der Waals surface area contributed by atoms with E-state index in [1.807, 2.05) is 30.3 Å². The lowest BCUT2D eigenvalue weighted by atomic mass is 9.86. The first-order valence-electron chi connectivity index (χ1n) is 11.8. The molecular formula is C27H40O2. The van der Waals surface area contributed by atoms with Crippen LogP contribution in [0.4, 0.5) is 0 Å². The lowest BCUT2D eigenvalue weighted by Crippen LogP contribution is -2.02. The third kappa shape index (κ3) is 8.94. The van der Waals surface area contributed by atoms with Crippen LogP contribution in [0.3, 0.4) is 0 Å². The van der Waals surface area contributed by atoms with Gasteiger partial charge in [-0.2, -0.15) is 0 Å². The Kier molecular flexibility index (Phi) is 11.3. The number of phenolic OH excluding ortho intramolecular Hbond substituents is 2. The normalized spacial score (nSPS) is 12.2. The highest BCUT2D eigenvalue weighted by molar-refractivity contribution is 5.42. The number of benzene rings is 2. The van der Waals surface area contributed by atoms with E-state index in [0.29, 0.717) is 5.75 Å². The molecule has 2 heteroatoms. The van der Waals surface area contributed by atoms with Crippen LogP contribution in [0.1, 0.15) is 107 Å². The molecule has 160 valence electrons. The van der Waals surface area contributed by atoms with Gasteiger partial charge in [-0.25, -0.2) is 0 Å².